The van der Waals surface area contributed by atoms with Crippen molar-refractivity contribution in [3.05, 3.63) is 93.5 Å². The van der Waals surface area contributed by atoms with Crippen LogP contribution in [0.25, 0.3) is 11.4 Å². The lowest BCUT2D eigenvalue weighted by Crippen LogP contribution is -2.29. The number of benzene rings is 2. The largest absolute Gasteiger partial charge is 0.339 e. The fourth-order valence-electron chi connectivity index (χ4n) is 2.81. The summed E-state index contributed by atoms with van der Waals surface area (Å²) >= 11 is 7.44. The van der Waals surface area contributed by atoms with Crippen LogP contribution < -0.4 is 5.32 Å². The lowest BCUT2D eigenvalue weighted by atomic mass is 10.1. The third-order valence-corrected chi connectivity index (χ3v) is 5.26. The van der Waals surface area contributed by atoms with Crippen LogP contribution in [0.2, 0.25) is 5.02 Å². The first-order chi connectivity index (χ1) is 13.7. The Balaban J connectivity index is 1.62. The van der Waals surface area contributed by atoms with E-state index in [1.54, 1.807) is 18.2 Å². The van der Waals surface area contributed by atoms with Crippen molar-refractivity contribution < 1.29 is 9.32 Å². The summed E-state index contributed by atoms with van der Waals surface area (Å²) in [4.78, 5) is 17.7. The van der Waals surface area contributed by atoms with E-state index in [0.717, 1.165) is 11.1 Å². The van der Waals surface area contributed by atoms with Crippen molar-refractivity contribution in [3.63, 3.8) is 0 Å². The SMILES string of the molecule is O=C(N[C@@H](Cc1ccccc1)c1nc(-c2cccc(Cl)c2)no1)c1cccs1. The van der Waals surface area contributed by atoms with Crippen LogP contribution in [-0.4, -0.2) is 16.0 Å². The Morgan fingerprint density at radius 3 is 2.71 bits per heavy atom. The molecule has 5 nitrogen and oxygen atoms in total. The second-order valence-corrected chi connectivity index (χ2v) is 7.54. The van der Waals surface area contributed by atoms with Gasteiger partial charge in [-0.15, -0.1) is 11.3 Å². The monoisotopic (exact) mass is 409 g/mol. The molecule has 0 aliphatic heterocycles. The van der Waals surface area contributed by atoms with Gasteiger partial charge in [0.05, 0.1) is 4.88 Å². The maximum absolute atomic E-state index is 12.6. The normalized spacial score (nSPS) is 11.9. The number of halogens is 1. The van der Waals surface area contributed by atoms with Gasteiger partial charge < -0.3 is 9.84 Å². The Morgan fingerprint density at radius 1 is 1.11 bits per heavy atom. The minimum atomic E-state index is -0.447. The molecule has 1 atom stereocenters. The summed E-state index contributed by atoms with van der Waals surface area (Å²) < 4.78 is 5.50. The highest BCUT2D eigenvalue weighted by atomic mass is 35.5. The van der Waals surface area contributed by atoms with Gasteiger partial charge in [0.2, 0.25) is 11.7 Å². The van der Waals surface area contributed by atoms with Gasteiger partial charge in [0, 0.05) is 17.0 Å². The standard InChI is InChI=1S/C21H16ClN3O2S/c22-16-9-4-8-15(13-16)19-24-21(27-25-19)17(12-14-6-2-1-3-7-14)23-20(26)18-10-5-11-28-18/h1-11,13,17H,12H2,(H,23,26)/t17-/m0/s1. The fourth-order valence-corrected chi connectivity index (χ4v) is 3.63. The number of thiophene rings is 1. The number of nitrogens with zero attached hydrogens (tertiary/aromatic N) is 2. The van der Waals surface area contributed by atoms with Gasteiger partial charge in [-0.2, -0.15) is 4.98 Å². The second kappa shape index (κ2) is 8.37. The second-order valence-electron chi connectivity index (χ2n) is 6.16. The molecule has 0 saturated carbocycles. The summed E-state index contributed by atoms with van der Waals surface area (Å²) in [5.41, 5.74) is 1.81. The highest BCUT2D eigenvalue weighted by Gasteiger charge is 2.23. The summed E-state index contributed by atoms with van der Waals surface area (Å²) in [6, 6.07) is 20.3. The van der Waals surface area contributed by atoms with E-state index >= 15 is 0 Å². The molecule has 4 rings (SSSR count). The molecule has 0 fully saturated rings. The molecule has 2 heterocycles. The zero-order chi connectivity index (χ0) is 19.3. The van der Waals surface area contributed by atoms with Crippen LogP contribution in [0.1, 0.15) is 27.2 Å². The van der Waals surface area contributed by atoms with E-state index in [4.69, 9.17) is 16.1 Å². The van der Waals surface area contributed by atoms with Crippen molar-refractivity contribution in [2.24, 2.45) is 0 Å². The van der Waals surface area contributed by atoms with Gasteiger partial charge in [-0.25, -0.2) is 0 Å². The molecule has 2 aromatic carbocycles. The summed E-state index contributed by atoms with van der Waals surface area (Å²) in [5, 5.41) is 9.54. The third kappa shape index (κ3) is 4.30. The lowest BCUT2D eigenvalue weighted by molar-refractivity contribution is 0.0932. The molecule has 28 heavy (non-hydrogen) atoms. The van der Waals surface area contributed by atoms with Crippen LogP contribution >= 0.6 is 22.9 Å². The molecule has 0 spiro atoms. The molecule has 140 valence electrons. The van der Waals surface area contributed by atoms with Gasteiger partial charge in [-0.3, -0.25) is 4.79 Å². The fraction of sp³-hybridized carbons (Fsp3) is 0.0952. The molecule has 0 radical (unpaired) electrons. The van der Waals surface area contributed by atoms with E-state index < -0.39 is 6.04 Å². The van der Waals surface area contributed by atoms with E-state index in [1.807, 2.05) is 53.9 Å². The van der Waals surface area contributed by atoms with Crippen LogP contribution in [-0.2, 0) is 6.42 Å². The first-order valence-electron chi connectivity index (χ1n) is 8.67. The molecule has 4 aromatic rings. The molecular formula is C21H16ClN3O2S. The number of carbonyl (C=O) groups excluding carboxylic acids is 1. The number of nitrogens with one attached hydrogen (secondary N) is 1. The molecule has 1 amide bonds. The van der Waals surface area contributed by atoms with Crippen molar-refractivity contribution in [1.29, 1.82) is 0 Å². The zero-order valence-corrected chi connectivity index (χ0v) is 16.3. The molecule has 0 saturated heterocycles. The number of carbonyl (C=O) groups is 1. The number of hydrogen-bond donors (Lipinski definition) is 1. The van der Waals surface area contributed by atoms with Crippen LogP contribution in [0.5, 0.6) is 0 Å². The Kier molecular flexibility index (Phi) is 5.50. The maximum Gasteiger partial charge on any atom is 0.262 e. The van der Waals surface area contributed by atoms with Crippen LogP contribution in [0.4, 0.5) is 0 Å². The summed E-state index contributed by atoms with van der Waals surface area (Å²) in [6.45, 7) is 0. The molecule has 1 N–H and O–H groups in total. The average molecular weight is 410 g/mol. The smallest absolute Gasteiger partial charge is 0.262 e. The van der Waals surface area contributed by atoms with Gasteiger partial charge in [0.25, 0.3) is 5.91 Å². The van der Waals surface area contributed by atoms with Gasteiger partial charge in [-0.1, -0.05) is 65.3 Å². The van der Waals surface area contributed by atoms with Crippen LogP contribution in [0.3, 0.4) is 0 Å². The van der Waals surface area contributed by atoms with E-state index in [-0.39, 0.29) is 5.91 Å². The Morgan fingerprint density at radius 2 is 1.96 bits per heavy atom. The number of hydrogen-bond acceptors (Lipinski definition) is 5. The molecule has 0 unspecified atom stereocenters. The van der Waals surface area contributed by atoms with Crippen LogP contribution in [0, 0.1) is 0 Å². The third-order valence-electron chi connectivity index (χ3n) is 4.16. The van der Waals surface area contributed by atoms with E-state index in [0.29, 0.717) is 28.0 Å². The van der Waals surface area contributed by atoms with E-state index in [2.05, 4.69) is 15.5 Å². The van der Waals surface area contributed by atoms with Gasteiger partial charge in [0.15, 0.2) is 0 Å². The maximum atomic E-state index is 12.6. The molecular weight excluding hydrogens is 394 g/mol. The Labute approximate surface area is 171 Å². The molecule has 0 bridgehead atoms. The molecule has 0 aliphatic rings. The highest BCUT2D eigenvalue weighted by Crippen LogP contribution is 2.24. The van der Waals surface area contributed by atoms with Gasteiger partial charge in [0.1, 0.15) is 6.04 Å². The number of rotatable bonds is 6. The summed E-state index contributed by atoms with van der Waals surface area (Å²) in [6.07, 6.45) is 0.537. The summed E-state index contributed by atoms with van der Waals surface area (Å²) in [5.74, 6) is 0.614. The summed E-state index contributed by atoms with van der Waals surface area (Å²) in [7, 11) is 0. The molecule has 0 aliphatic carbocycles. The quantitative estimate of drug-likeness (QED) is 0.477. The predicted molar refractivity (Wildman–Crippen MR) is 109 cm³/mol. The first-order valence-corrected chi connectivity index (χ1v) is 9.92. The van der Waals surface area contributed by atoms with Crippen molar-refractivity contribution in [1.82, 2.24) is 15.5 Å². The lowest BCUT2D eigenvalue weighted by Gasteiger charge is -2.14. The first kappa shape index (κ1) is 18.4. The van der Waals surface area contributed by atoms with Crippen molar-refractivity contribution in [3.8, 4) is 11.4 Å². The zero-order valence-electron chi connectivity index (χ0n) is 14.7. The average Bonchev–Trinajstić information content (AvgIpc) is 3.41. The molecule has 7 heteroatoms. The van der Waals surface area contributed by atoms with Gasteiger partial charge >= 0.3 is 0 Å². The Hall–Kier alpha value is -2.96. The molecule has 2 aromatic heterocycles. The minimum Gasteiger partial charge on any atom is -0.339 e. The van der Waals surface area contributed by atoms with Crippen molar-refractivity contribution >= 4 is 28.8 Å². The Bertz CT molecular complexity index is 1060. The van der Waals surface area contributed by atoms with E-state index in [9.17, 15) is 4.79 Å². The van der Waals surface area contributed by atoms with Crippen LogP contribution in [0.15, 0.2) is 76.6 Å². The number of amides is 1. The highest BCUT2D eigenvalue weighted by molar-refractivity contribution is 7.12. The predicted octanol–water partition coefficient (Wildman–Crippen LogP) is 5.17. The van der Waals surface area contributed by atoms with E-state index in [1.165, 1.54) is 11.3 Å². The topological polar surface area (TPSA) is 68.0 Å². The number of aromatic nitrogens is 2. The van der Waals surface area contributed by atoms with Crippen molar-refractivity contribution in [2.45, 2.75) is 12.5 Å². The van der Waals surface area contributed by atoms with Gasteiger partial charge in [-0.05, 0) is 29.1 Å². The minimum absolute atomic E-state index is 0.168. The van der Waals surface area contributed by atoms with Crippen molar-refractivity contribution in [2.75, 3.05) is 0 Å².